The van der Waals surface area contributed by atoms with Crippen LogP contribution in [0.25, 0.3) is 0 Å². The number of aromatic nitrogens is 1. The molecule has 2 aliphatic carbocycles. The Morgan fingerprint density at radius 3 is 2.64 bits per heavy atom. The van der Waals surface area contributed by atoms with E-state index in [0.29, 0.717) is 19.5 Å². The molecule has 4 N–H and O–H groups in total. The van der Waals surface area contributed by atoms with Crippen molar-refractivity contribution in [3.8, 4) is 0 Å². The first-order valence-corrected chi connectivity index (χ1v) is 13.6. The standard InChI is InChI=1S/C28H38N4O7/c33-24(29-16-9-17-31-28(37)39-21-11-4-2-1-3-5-12-21)19-38-25(34)14-8-15-30-26(35)22-18-20-10-6-7-13-23(20)32-27(22)36/h1-2,8,14,18,21H,3-7,9-13,15-17,19H2,(H,29,33)(H,30,35)(H,31,37)(H,32,36)/b2-1+,14-8+/t21-/m1/s1. The lowest BCUT2D eigenvalue weighted by atomic mass is 9.95. The van der Waals surface area contributed by atoms with Gasteiger partial charge in [-0.05, 0) is 75.8 Å². The number of carbonyl (C=O) groups excluding carboxylic acids is 4. The van der Waals surface area contributed by atoms with Crippen LogP contribution in [0.2, 0.25) is 0 Å². The highest BCUT2D eigenvalue weighted by molar-refractivity contribution is 5.94. The summed E-state index contributed by atoms with van der Waals surface area (Å²) in [6.07, 6.45) is 15.0. The first-order valence-electron chi connectivity index (χ1n) is 13.6. The number of carbonyl (C=O) groups is 4. The Kier molecular flexibility index (Phi) is 12.3. The maximum absolute atomic E-state index is 12.3. The predicted molar refractivity (Wildman–Crippen MR) is 144 cm³/mol. The van der Waals surface area contributed by atoms with Crippen LogP contribution >= 0.6 is 0 Å². The number of alkyl carbamates (subject to hydrolysis) is 1. The second kappa shape index (κ2) is 16.2. The van der Waals surface area contributed by atoms with Crippen LogP contribution in [-0.4, -0.2) is 61.2 Å². The maximum Gasteiger partial charge on any atom is 0.407 e. The van der Waals surface area contributed by atoms with Gasteiger partial charge in [0.2, 0.25) is 0 Å². The molecule has 1 atom stereocenters. The lowest BCUT2D eigenvalue weighted by Gasteiger charge is -2.18. The summed E-state index contributed by atoms with van der Waals surface area (Å²) in [7, 11) is 0. The van der Waals surface area contributed by atoms with Crippen LogP contribution in [0.1, 0.15) is 73.0 Å². The third-order valence-corrected chi connectivity index (χ3v) is 6.50. The molecule has 3 amide bonds. The van der Waals surface area contributed by atoms with Crippen molar-refractivity contribution in [3.05, 3.63) is 57.5 Å². The molecule has 0 fully saturated rings. The van der Waals surface area contributed by atoms with Crippen molar-refractivity contribution in [3.63, 3.8) is 0 Å². The molecule has 1 heterocycles. The molecule has 0 bridgehead atoms. The topological polar surface area (TPSA) is 156 Å². The number of allylic oxidation sites excluding steroid dienone is 2. The number of amides is 3. The molecule has 2 aliphatic rings. The summed E-state index contributed by atoms with van der Waals surface area (Å²) in [5.74, 6) is -1.73. The molecular formula is C28H38N4O7. The fourth-order valence-corrected chi connectivity index (χ4v) is 4.42. The Labute approximate surface area is 227 Å². The molecular weight excluding hydrogens is 504 g/mol. The SMILES string of the molecule is O=C(COC(=O)/C=C/CNC(=O)c1cc2c([nH]c1=O)CCCC2)NCCCNC(=O)O[C@@H]1CC/C=C/CCC1. The Hall–Kier alpha value is -3.89. The zero-order valence-corrected chi connectivity index (χ0v) is 22.2. The second-order valence-electron chi connectivity index (χ2n) is 9.58. The van der Waals surface area contributed by atoms with Crippen molar-refractivity contribution in [2.24, 2.45) is 0 Å². The molecule has 11 nitrogen and oxygen atoms in total. The minimum atomic E-state index is -0.736. The van der Waals surface area contributed by atoms with E-state index in [1.165, 1.54) is 6.08 Å². The summed E-state index contributed by atoms with van der Waals surface area (Å²) >= 11 is 0. The zero-order valence-electron chi connectivity index (χ0n) is 22.2. The summed E-state index contributed by atoms with van der Waals surface area (Å²) in [4.78, 5) is 62.9. The van der Waals surface area contributed by atoms with E-state index in [0.717, 1.165) is 75.1 Å². The minimum Gasteiger partial charge on any atom is -0.452 e. The van der Waals surface area contributed by atoms with Gasteiger partial charge in [-0.15, -0.1) is 0 Å². The number of aromatic amines is 1. The molecule has 0 aliphatic heterocycles. The summed E-state index contributed by atoms with van der Waals surface area (Å²) in [6, 6.07) is 1.64. The largest absolute Gasteiger partial charge is 0.452 e. The van der Waals surface area contributed by atoms with Crippen molar-refractivity contribution in [2.75, 3.05) is 26.2 Å². The van der Waals surface area contributed by atoms with Crippen molar-refractivity contribution in [1.82, 2.24) is 20.9 Å². The van der Waals surface area contributed by atoms with Crippen molar-refractivity contribution < 1.29 is 28.7 Å². The van der Waals surface area contributed by atoms with Crippen molar-refractivity contribution in [1.29, 1.82) is 0 Å². The van der Waals surface area contributed by atoms with E-state index < -0.39 is 36.0 Å². The van der Waals surface area contributed by atoms with Crippen LogP contribution in [0, 0.1) is 0 Å². The monoisotopic (exact) mass is 542 g/mol. The highest BCUT2D eigenvalue weighted by Crippen LogP contribution is 2.18. The van der Waals surface area contributed by atoms with Gasteiger partial charge in [0, 0.05) is 31.4 Å². The molecule has 212 valence electrons. The van der Waals surface area contributed by atoms with Gasteiger partial charge in [-0.1, -0.05) is 18.2 Å². The highest BCUT2D eigenvalue weighted by Gasteiger charge is 2.17. The molecule has 0 saturated heterocycles. The van der Waals surface area contributed by atoms with Gasteiger partial charge in [-0.25, -0.2) is 9.59 Å². The van der Waals surface area contributed by atoms with Crippen molar-refractivity contribution >= 4 is 23.9 Å². The third kappa shape index (κ3) is 10.8. The van der Waals surface area contributed by atoms with Gasteiger partial charge >= 0.3 is 12.1 Å². The van der Waals surface area contributed by atoms with Crippen LogP contribution in [0.4, 0.5) is 4.79 Å². The summed E-state index contributed by atoms with van der Waals surface area (Å²) < 4.78 is 10.3. The van der Waals surface area contributed by atoms with Gasteiger partial charge in [0.15, 0.2) is 6.61 Å². The van der Waals surface area contributed by atoms with Crippen LogP contribution in [0.5, 0.6) is 0 Å². The molecule has 1 aromatic heterocycles. The first kappa shape index (κ1) is 29.7. The van der Waals surface area contributed by atoms with Gasteiger partial charge < -0.3 is 30.4 Å². The third-order valence-electron chi connectivity index (χ3n) is 6.50. The highest BCUT2D eigenvalue weighted by atomic mass is 16.6. The lowest BCUT2D eigenvalue weighted by molar-refractivity contribution is -0.143. The molecule has 0 saturated carbocycles. The van der Waals surface area contributed by atoms with Gasteiger partial charge in [0.05, 0.1) is 0 Å². The van der Waals surface area contributed by atoms with Crippen LogP contribution in [0.3, 0.4) is 0 Å². The lowest BCUT2D eigenvalue weighted by Crippen LogP contribution is -2.33. The minimum absolute atomic E-state index is 0.0177. The molecule has 0 radical (unpaired) electrons. The Morgan fingerprint density at radius 1 is 0.974 bits per heavy atom. The van der Waals surface area contributed by atoms with Gasteiger partial charge in [0.25, 0.3) is 17.4 Å². The Morgan fingerprint density at radius 2 is 1.77 bits per heavy atom. The van der Waals surface area contributed by atoms with E-state index in [9.17, 15) is 24.0 Å². The first-order chi connectivity index (χ1) is 18.9. The number of fused-ring (bicyclic) bond motifs is 1. The second-order valence-corrected chi connectivity index (χ2v) is 9.58. The molecule has 0 spiro atoms. The van der Waals surface area contributed by atoms with Gasteiger partial charge in [-0.2, -0.15) is 0 Å². The average molecular weight is 543 g/mol. The summed E-state index contributed by atoms with van der Waals surface area (Å²) in [5.41, 5.74) is 1.49. The number of H-pyrrole nitrogens is 1. The Balaban J connectivity index is 1.23. The normalized spacial score (nSPS) is 17.7. The number of pyridine rings is 1. The maximum atomic E-state index is 12.3. The van der Waals surface area contributed by atoms with Crippen LogP contribution in [0.15, 0.2) is 35.2 Å². The molecule has 39 heavy (non-hydrogen) atoms. The van der Waals surface area contributed by atoms with E-state index in [4.69, 9.17) is 9.47 Å². The van der Waals surface area contributed by atoms with Crippen LogP contribution in [-0.2, 0) is 31.9 Å². The zero-order chi connectivity index (χ0) is 27.9. The van der Waals surface area contributed by atoms with Gasteiger partial charge in [-0.3, -0.25) is 14.4 Å². The summed E-state index contributed by atoms with van der Waals surface area (Å²) in [5, 5.41) is 7.85. The fourth-order valence-electron chi connectivity index (χ4n) is 4.42. The average Bonchev–Trinajstić information content (AvgIpc) is 2.90. The number of ether oxygens (including phenoxy) is 2. The fraction of sp³-hybridized carbons (Fsp3) is 0.536. The molecule has 11 heteroatoms. The van der Waals surface area contributed by atoms with E-state index in [2.05, 4.69) is 33.1 Å². The molecule has 3 rings (SSSR count). The van der Waals surface area contributed by atoms with E-state index in [1.54, 1.807) is 6.07 Å². The van der Waals surface area contributed by atoms with Gasteiger partial charge in [0.1, 0.15) is 11.7 Å². The quantitative estimate of drug-likeness (QED) is 0.145. The number of aryl methyl sites for hydroxylation is 2. The number of esters is 1. The summed E-state index contributed by atoms with van der Waals surface area (Å²) in [6.45, 7) is 0.210. The van der Waals surface area contributed by atoms with E-state index in [1.807, 2.05) is 0 Å². The van der Waals surface area contributed by atoms with Crippen molar-refractivity contribution in [2.45, 2.75) is 70.3 Å². The van der Waals surface area contributed by atoms with E-state index >= 15 is 0 Å². The molecule has 0 unspecified atom stereocenters. The number of hydrogen-bond donors (Lipinski definition) is 4. The van der Waals surface area contributed by atoms with E-state index in [-0.39, 0.29) is 18.2 Å². The predicted octanol–water partition coefficient (Wildman–Crippen LogP) is 2.20. The number of hydrogen-bond acceptors (Lipinski definition) is 7. The molecule has 1 aromatic rings. The molecule has 0 aromatic carbocycles. The Bertz CT molecular complexity index is 1130. The smallest absolute Gasteiger partial charge is 0.407 e. The number of nitrogens with one attached hydrogen (secondary N) is 4. The van der Waals surface area contributed by atoms with Crippen LogP contribution < -0.4 is 21.5 Å². The number of rotatable bonds is 11.